The summed E-state index contributed by atoms with van der Waals surface area (Å²) < 4.78 is 2.42. The zero-order valence-corrected chi connectivity index (χ0v) is 12.3. The van der Waals surface area contributed by atoms with Crippen molar-refractivity contribution in [2.24, 2.45) is 0 Å². The van der Waals surface area contributed by atoms with Crippen LogP contribution in [0.1, 0.15) is 50.4 Å². The monoisotopic (exact) mass is 278 g/mol. The average molecular weight is 278 g/mol. The van der Waals surface area contributed by atoms with Crippen LogP contribution in [0.25, 0.3) is 0 Å². The first-order valence-electron chi connectivity index (χ1n) is 7.22. The van der Waals surface area contributed by atoms with Gasteiger partial charge in [-0.1, -0.05) is 24.8 Å². The van der Waals surface area contributed by atoms with Gasteiger partial charge in [0, 0.05) is 30.3 Å². The minimum absolute atomic E-state index is 0.508. The van der Waals surface area contributed by atoms with Gasteiger partial charge in [-0.15, -0.1) is 16.8 Å². The van der Waals surface area contributed by atoms with E-state index in [1.165, 1.54) is 31.5 Å². The number of nitrogens with zero attached hydrogens (tertiary/aromatic N) is 3. The summed E-state index contributed by atoms with van der Waals surface area (Å²) in [7, 11) is 0. The molecule has 2 saturated carbocycles. The van der Waals surface area contributed by atoms with Crippen molar-refractivity contribution in [1.29, 1.82) is 0 Å². The third kappa shape index (κ3) is 3.20. The summed E-state index contributed by atoms with van der Waals surface area (Å²) >= 11 is 1.85. The summed E-state index contributed by atoms with van der Waals surface area (Å²) in [6, 6.07) is 0.682. The second kappa shape index (κ2) is 5.67. The molecule has 1 unspecified atom stereocenters. The van der Waals surface area contributed by atoms with Crippen molar-refractivity contribution in [3.63, 3.8) is 0 Å². The third-order valence-electron chi connectivity index (χ3n) is 3.57. The van der Waals surface area contributed by atoms with E-state index in [2.05, 4.69) is 33.6 Å². The van der Waals surface area contributed by atoms with Crippen LogP contribution in [0, 0.1) is 0 Å². The maximum Gasteiger partial charge on any atom is 0.191 e. The Labute approximate surface area is 119 Å². The molecule has 19 heavy (non-hydrogen) atoms. The largest absolute Gasteiger partial charge is 0.312 e. The average Bonchev–Trinajstić information content (AvgIpc) is 3.30. The molecule has 2 aliphatic rings. The van der Waals surface area contributed by atoms with Crippen LogP contribution in [-0.4, -0.2) is 33.1 Å². The maximum atomic E-state index is 4.44. The van der Waals surface area contributed by atoms with Crippen LogP contribution >= 0.6 is 11.8 Å². The van der Waals surface area contributed by atoms with Crippen molar-refractivity contribution >= 4 is 11.8 Å². The number of hydrogen-bond acceptors (Lipinski definition) is 4. The highest BCUT2D eigenvalue weighted by molar-refractivity contribution is 7.99. The lowest BCUT2D eigenvalue weighted by Gasteiger charge is -2.13. The van der Waals surface area contributed by atoms with Gasteiger partial charge in [-0.05, 0) is 25.7 Å². The SMILES string of the molecule is C=CCNCC(C)Sc1nnc(C2CC2)n1C1CC1. The lowest BCUT2D eigenvalue weighted by Crippen LogP contribution is -2.23. The Kier molecular flexibility index (Phi) is 3.93. The van der Waals surface area contributed by atoms with E-state index in [0.717, 1.165) is 18.2 Å². The first-order chi connectivity index (χ1) is 9.29. The van der Waals surface area contributed by atoms with Gasteiger partial charge in [0.15, 0.2) is 5.16 Å². The summed E-state index contributed by atoms with van der Waals surface area (Å²) in [4.78, 5) is 0. The molecule has 4 nitrogen and oxygen atoms in total. The fourth-order valence-electron chi connectivity index (χ4n) is 2.27. The fraction of sp³-hybridized carbons (Fsp3) is 0.714. The molecule has 0 spiro atoms. The molecule has 1 aromatic heterocycles. The molecule has 0 amide bonds. The topological polar surface area (TPSA) is 42.7 Å². The molecule has 0 aromatic carbocycles. The zero-order valence-electron chi connectivity index (χ0n) is 11.5. The second-order valence-electron chi connectivity index (χ2n) is 5.59. The number of nitrogens with one attached hydrogen (secondary N) is 1. The summed E-state index contributed by atoms with van der Waals surface area (Å²) in [5.74, 6) is 1.94. The van der Waals surface area contributed by atoms with E-state index in [-0.39, 0.29) is 0 Å². The van der Waals surface area contributed by atoms with Crippen molar-refractivity contribution in [3.05, 3.63) is 18.5 Å². The van der Waals surface area contributed by atoms with E-state index in [4.69, 9.17) is 0 Å². The van der Waals surface area contributed by atoms with E-state index in [1.54, 1.807) is 0 Å². The van der Waals surface area contributed by atoms with E-state index in [0.29, 0.717) is 17.2 Å². The van der Waals surface area contributed by atoms with Gasteiger partial charge in [-0.3, -0.25) is 0 Å². The summed E-state index contributed by atoms with van der Waals surface area (Å²) in [6.45, 7) is 7.81. The molecule has 5 heteroatoms. The van der Waals surface area contributed by atoms with Crippen LogP contribution in [0.2, 0.25) is 0 Å². The lowest BCUT2D eigenvalue weighted by atomic mass is 10.4. The van der Waals surface area contributed by atoms with Gasteiger partial charge in [-0.25, -0.2) is 0 Å². The Bertz CT molecular complexity index is 448. The molecule has 1 N–H and O–H groups in total. The molecule has 1 atom stereocenters. The Morgan fingerprint density at radius 2 is 2.21 bits per heavy atom. The fourth-order valence-corrected chi connectivity index (χ4v) is 3.28. The van der Waals surface area contributed by atoms with Gasteiger partial charge in [0.25, 0.3) is 0 Å². The minimum Gasteiger partial charge on any atom is -0.312 e. The first kappa shape index (κ1) is 13.2. The van der Waals surface area contributed by atoms with Crippen molar-refractivity contribution in [2.75, 3.05) is 13.1 Å². The standard InChI is InChI=1S/C14H22N4S/c1-3-8-15-9-10(2)19-14-17-16-13(11-4-5-11)18(14)12-6-7-12/h3,10-12,15H,1,4-9H2,2H3. The van der Waals surface area contributed by atoms with Crippen LogP contribution in [0.15, 0.2) is 17.8 Å². The third-order valence-corrected chi connectivity index (χ3v) is 4.63. The Balaban J connectivity index is 1.64. The van der Waals surface area contributed by atoms with Gasteiger partial charge >= 0.3 is 0 Å². The summed E-state index contributed by atoms with van der Waals surface area (Å²) in [5.41, 5.74) is 0. The molecule has 1 heterocycles. The predicted octanol–water partition coefficient (Wildman–Crippen LogP) is 2.75. The quantitative estimate of drug-likeness (QED) is 0.451. The summed E-state index contributed by atoms with van der Waals surface area (Å²) in [5, 5.41) is 13.9. The molecule has 0 aliphatic heterocycles. The maximum absolute atomic E-state index is 4.44. The highest BCUT2D eigenvalue weighted by Gasteiger charge is 2.36. The van der Waals surface area contributed by atoms with Crippen LogP contribution in [0.3, 0.4) is 0 Å². The lowest BCUT2D eigenvalue weighted by molar-refractivity contribution is 0.624. The smallest absolute Gasteiger partial charge is 0.191 e. The minimum atomic E-state index is 0.508. The highest BCUT2D eigenvalue weighted by atomic mass is 32.2. The molecule has 3 rings (SSSR count). The molecule has 2 fully saturated rings. The van der Waals surface area contributed by atoms with Crippen LogP contribution in [-0.2, 0) is 0 Å². The Morgan fingerprint density at radius 1 is 1.42 bits per heavy atom. The Hall–Kier alpha value is -0.810. The van der Waals surface area contributed by atoms with E-state index in [1.807, 2.05) is 17.8 Å². The van der Waals surface area contributed by atoms with Gasteiger partial charge in [-0.2, -0.15) is 0 Å². The molecule has 0 radical (unpaired) electrons. The van der Waals surface area contributed by atoms with Gasteiger partial charge in [0.1, 0.15) is 5.82 Å². The molecule has 0 bridgehead atoms. The number of thioether (sulfide) groups is 1. The van der Waals surface area contributed by atoms with Crippen molar-refractivity contribution in [3.8, 4) is 0 Å². The van der Waals surface area contributed by atoms with Gasteiger partial charge < -0.3 is 9.88 Å². The molecular formula is C14H22N4S. The summed E-state index contributed by atoms with van der Waals surface area (Å²) in [6.07, 6.45) is 7.09. The predicted molar refractivity (Wildman–Crippen MR) is 78.7 cm³/mol. The van der Waals surface area contributed by atoms with Crippen LogP contribution < -0.4 is 5.32 Å². The zero-order chi connectivity index (χ0) is 13.2. The van der Waals surface area contributed by atoms with E-state index >= 15 is 0 Å². The van der Waals surface area contributed by atoms with E-state index < -0.39 is 0 Å². The van der Waals surface area contributed by atoms with Crippen LogP contribution in [0.4, 0.5) is 0 Å². The highest BCUT2D eigenvalue weighted by Crippen LogP contribution is 2.46. The number of hydrogen-bond donors (Lipinski definition) is 1. The van der Waals surface area contributed by atoms with Crippen molar-refractivity contribution < 1.29 is 0 Å². The van der Waals surface area contributed by atoms with Crippen LogP contribution in [0.5, 0.6) is 0 Å². The molecular weight excluding hydrogens is 256 g/mol. The Morgan fingerprint density at radius 3 is 2.84 bits per heavy atom. The van der Waals surface area contributed by atoms with Crippen molar-refractivity contribution in [2.45, 2.75) is 55.0 Å². The van der Waals surface area contributed by atoms with Gasteiger partial charge in [0.2, 0.25) is 0 Å². The van der Waals surface area contributed by atoms with Gasteiger partial charge in [0.05, 0.1) is 0 Å². The first-order valence-corrected chi connectivity index (χ1v) is 8.10. The molecule has 1 aromatic rings. The second-order valence-corrected chi connectivity index (χ2v) is 7.00. The molecule has 104 valence electrons. The number of rotatable bonds is 8. The normalized spacial score (nSPS) is 20.5. The number of aromatic nitrogens is 3. The molecule has 2 aliphatic carbocycles. The molecule has 0 saturated heterocycles. The van der Waals surface area contributed by atoms with Crippen molar-refractivity contribution in [1.82, 2.24) is 20.1 Å². The van der Waals surface area contributed by atoms with E-state index in [9.17, 15) is 0 Å².